The summed E-state index contributed by atoms with van der Waals surface area (Å²) < 4.78 is 32.7. The van der Waals surface area contributed by atoms with Gasteiger partial charge in [-0.25, -0.2) is 8.42 Å². The molecule has 1 aliphatic rings. The van der Waals surface area contributed by atoms with Crippen molar-refractivity contribution in [2.45, 2.75) is 37.5 Å². The molecule has 0 bridgehead atoms. The normalized spacial score (nSPS) is 16.4. The second-order valence-electron chi connectivity index (χ2n) is 7.32. The summed E-state index contributed by atoms with van der Waals surface area (Å²) in [6, 6.07) is 15.0. The molecule has 28 heavy (non-hydrogen) atoms. The van der Waals surface area contributed by atoms with Crippen LogP contribution in [0.5, 0.6) is 0 Å². The Morgan fingerprint density at radius 3 is 2.39 bits per heavy atom. The number of nitrogens with zero attached hydrogens (tertiary/aromatic N) is 3. The Bertz CT molecular complexity index is 1070. The Hall–Kier alpha value is -2.51. The molecule has 0 amide bonds. The zero-order valence-corrected chi connectivity index (χ0v) is 16.8. The Balaban J connectivity index is 1.45. The molecule has 0 spiro atoms. The van der Waals surface area contributed by atoms with Gasteiger partial charge in [0.2, 0.25) is 10.0 Å². The minimum Gasteiger partial charge on any atom is -0.334 e. The summed E-state index contributed by atoms with van der Waals surface area (Å²) in [4.78, 5) is 4.90. The molecule has 6 nitrogen and oxygen atoms in total. The molecule has 0 radical (unpaired) electrons. The number of benzene rings is 2. The van der Waals surface area contributed by atoms with E-state index < -0.39 is 10.0 Å². The van der Waals surface area contributed by atoms with Crippen LogP contribution in [0.15, 0.2) is 57.9 Å². The first-order valence-electron chi connectivity index (χ1n) is 9.41. The molecule has 0 N–H and O–H groups in total. The van der Waals surface area contributed by atoms with Gasteiger partial charge in [-0.2, -0.15) is 9.29 Å². The first-order valence-corrected chi connectivity index (χ1v) is 10.8. The molecular weight excluding hydrogens is 374 g/mol. The molecule has 7 heteroatoms. The highest BCUT2D eigenvalue weighted by atomic mass is 32.2. The fraction of sp³-hybridized carbons (Fsp3) is 0.333. The Labute approximate surface area is 165 Å². The van der Waals surface area contributed by atoms with Crippen LogP contribution in [0.1, 0.15) is 35.7 Å². The zero-order valence-electron chi connectivity index (χ0n) is 16.0. The highest BCUT2D eigenvalue weighted by Crippen LogP contribution is 2.30. The first-order chi connectivity index (χ1) is 13.4. The van der Waals surface area contributed by atoms with Crippen molar-refractivity contribution in [3.8, 4) is 11.5 Å². The van der Waals surface area contributed by atoms with E-state index in [1.54, 1.807) is 22.5 Å². The molecule has 3 aromatic rings. The maximum absolute atomic E-state index is 12.9. The lowest BCUT2D eigenvalue weighted by Gasteiger charge is -2.29. The van der Waals surface area contributed by atoms with Gasteiger partial charge >= 0.3 is 0 Å². The van der Waals surface area contributed by atoms with E-state index in [0.717, 1.165) is 11.1 Å². The number of aryl methyl sites for hydroxylation is 2. The molecule has 1 fully saturated rings. The van der Waals surface area contributed by atoms with Crippen LogP contribution in [0, 0.1) is 13.8 Å². The van der Waals surface area contributed by atoms with E-state index in [4.69, 9.17) is 4.52 Å². The van der Waals surface area contributed by atoms with Crippen LogP contribution >= 0.6 is 0 Å². The molecule has 1 saturated heterocycles. The van der Waals surface area contributed by atoms with E-state index in [0.29, 0.717) is 42.5 Å². The van der Waals surface area contributed by atoms with Gasteiger partial charge in [0.15, 0.2) is 5.82 Å². The quantitative estimate of drug-likeness (QED) is 0.667. The molecule has 2 heterocycles. The van der Waals surface area contributed by atoms with E-state index in [2.05, 4.69) is 10.1 Å². The number of sulfonamides is 1. The van der Waals surface area contributed by atoms with E-state index >= 15 is 0 Å². The van der Waals surface area contributed by atoms with Crippen molar-refractivity contribution in [2.75, 3.05) is 13.1 Å². The van der Waals surface area contributed by atoms with Crippen molar-refractivity contribution >= 4 is 10.0 Å². The number of piperidine rings is 1. The molecule has 146 valence electrons. The maximum atomic E-state index is 12.9. The standard InChI is InChI=1S/C21H23N3O3S/c1-15-6-8-18(9-7-15)21-22-20(23-27-21)17-10-12-24(13-11-17)28(25,26)19-5-3-4-16(2)14-19/h3-9,14,17H,10-13H2,1-2H3. The second kappa shape index (κ2) is 7.48. The lowest BCUT2D eigenvalue weighted by molar-refractivity contribution is 0.307. The lowest BCUT2D eigenvalue weighted by Crippen LogP contribution is -2.38. The Morgan fingerprint density at radius 1 is 1.00 bits per heavy atom. The molecule has 0 aliphatic carbocycles. The highest BCUT2D eigenvalue weighted by Gasteiger charge is 2.31. The largest absolute Gasteiger partial charge is 0.334 e. The van der Waals surface area contributed by atoms with Gasteiger partial charge in [0.05, 0.1) is 4.90 Å². The summed E-state index contributed by atoms with van der Waals surface area (Å²) in [5.41, 5.74) is 3.00. The van der Waals surface area contributed by atoms with Crippen LogP contribution in [0.3, 0.4) is 0 Å². The fourth-order valence-corrected chi connectivity index (χ4v) is 5.07. The number of hydrogen-bond acceptors (Lipinski definition) is 5. The summed E-state index contributed by atoms with van der Waals surface area (Å²) >= 11 is 0. The van der Waals surface area contributed by atoms with Gasteiger partial charge < -0.3 is 4.52 Å². The van der Waals surface area contributed by atoms with Crippen molar-refractivity contribution in [3.63, 3.8) is 0 Å². The molecule has 0 unspecified atom stereocenters. The van der Waals surface area contributed by atoms with Crippen LogP contribution in [0.4, 0.5) is 0 Å². The van der Waals surface area contributed by atoms with Gasteiger partial charge in [-0.15, -0.1) is 0 Å². The molecule has 1 aromatic heterocycles. The van der Waals surface area contributed by atoms with Gasteiger partial charge in [0.25, 0.3) is 5.89 Å². The third-order valence-electron chi connectivity index (χ3n) is 5.19. The minimum atomic E-state index is -3.46. The lowest BCUT2D eigenvalue weighted by atomic mass is 9.97. The van der Waals surface area contributed by atoms with Crippen molar-refractivity contribution in [2.24, 2.45) is 0 Å². The summed E-state index contributed by atoms with van der Waals surface area (Å²) in [6.45, 7) is 4.83. The SMILES string of the molecule is Cc1ccc(-c2nc(C3CCN(S(=O)(=O)c4cccc(C)c4)CC3)no2)cc1. The monoisotopic (exact) mass is 397 g/mol. The molecule has 2 aromatic carbocycles. The molecule has 0 saturated carbocycles. The van der Waals surface area contributed by atoms with Gasteiger partial charge in [0, 0.05) is 24.6 Å². The third-order valence-corrected chi connectivity index (χ3v) is 7.08. The summed E-state index contributed by atoms with van der Waals surface area (Å²) in [7, 11) is -3.46. The van der Waals surface area contributed by atoms with Crippen LogP contribution in [0.25, 0.3) is 11.5 Å². The van der Waals surface area contributed by atoms with E-state index in [-0.39, 0.29) is 5.92 Å². The first kappa shape index (κ1) is 18.8. The second-order valence-corrected chi connectivity index (χ2v) is 9.26. The van der Waals surface area contributed by atoms with Gasteiger partial charge in [-0.3, -0.25) is 0 Å². The number of hydrogen-bond donors (Lipinski definition) is 0. The predicted octanol–water partition coefficient (Wildman–Crippen LogP) is 3.92. The van der Waals surface area contributed by atoms with Crippen molar-refractivity contribution in [3.05, 3.63) is 65.5 Å². The van der Waals surface area contributed by atoms with Crippen molar-refractivity contribution < 1.29 is 12.9 Å². The fourth-order valence-electron chi connectivity index (χ4n) is 3.49. The number of aromatic nitrogens is 2. The third kappa shape index (κ3) is 3.72. The zero-order chi connectivity index (χ0) is 19.7. The van der Waals surface area contributed by atoms with Crippen LogP contribution < -0.4 is 0 Å². The minimum absolute atomic E-state index is 0.104. The average Bonchev–Trinajstić information content (AvgIpc) is 3.19. The summed E-state index contributed by atoms with van der Waals surface area (Å²) in [6.07, 6.45) is 1.36. The van der Waals surface area contributed by atoms with Crippen molar-refractivity contribution in [1.29, 1.82) is 0 Å². The predicted molar refractivity (Wildman–Crippen MR) is 106 cm³/mol. The van der Waals surface area contributed by atoms with Gasteiger partial charge in [0.1, 0.15) is 0 Å². The van der Waals surface area contributed by atoms with Crippen LogP contribution in [-0.4, -0.2) is 36.0 Å². The van der Waals surface area contributed by atoms with E-state index in [9.17, 15) is 8.42 Å². The Morgan fingerprint density at radius 2 is 1.71 bits per heavy atom. The van der Waals surface area contributed by atoms with Crippen molar-refractivity contribution in [1.82, 2.24) is 14.4 Å². The van der Waals surface area contributed by atoms with E-state index in [1.807, 2.05) is 44.2 Å². The average molecular weight is 398 g/mol. The van der Waals surface area contributed by atoms with Gasteiger partial charge in [-0.1, -0.05) is 35.0 Å². The van der Waals surface area contributed by atoms with E-state index in [1.165, 1.54) is 5.56 Å². The topological polar surface area (TPSA) is 76.3 Å². The highest BCUT2D eigenvalue weighted by molar-refractivity contribution is 7.89. The molecular formula is C21H23N3O3S. The summed E-state index contributed by atoms with van der Waals surface area (Å²) in [5, 5.41) is 4.14. The molecule has 1 aliphatic heterocycles. The molecule has 0 atom stereocenters. The number of rotatable bonds is 4. The Kier molecular flexibility index (Phi) is 5.03. The van der Waals surface area contributed by atoms with Crippen LogP contribution in [0.2, 0.25) is 0 Å². The van der Waals surface area contributed by atoms with Crippen LogP contribution in [-0.2, 0) is 10.0 Å². The smallest absolute Gasteiger partial charge is 0.257 e. The molecule has 4 rings (SSSR count). The van der Waals surface area contributed by atoms with Gasteiger partial charge in [-0.05, 0) is 56.5 Å². The summed E-state index contributed by atoms with van der Waals surface area (Å²) in [5.74, 6) is 1.26. The maximum Gasteiger partial charge on any atom is 0.257 e.